The van der Waals surface area contributed by atoms with Crippen LogP contribution in [0, 0.1) is 11.8 Å². The van der Waals surface area contributed by atoms with Gasteiger partial charge in [0.1, 0.15) is 0 Å². The molecule has 0 saturated heterocycles. The van der Waals surface area contributed by atoms with E-state index in [0.717, 1.165) is 36.9 Å². The summed E-state index contributed by atoms with van der Waals surface area (Å²) in [6.45, 7) is 13.3. The number of benzene rings is 1. The average Bonchev–Trinajstić information content (AvgIpc) is 2.46. The van der Waals surface area contributed by atoms with E-state index in [2.05, 4.69) is 56.9 Å². The number of aliphatic hydroxyl groups excluding tert-OH is 1. The molecule has 0 heterocycles. The fourth-order valence-corrected chi connectivity index (χ4v) is 2.34. The number of anilines is 1. The maximum atomic E-state index is 9.90. The SMILES string of the molecule is CCC(O)c1ccc(N(CCC(C)C)CCC(C)C)cc1. The smallest absolute Gasteiger partial charge is 0.0787 e. The van der Waals surface area contributed by atoms with E-state index < -0.39 is 0 Å². The van der Waals surface area contributed by atoms with Gasteiger partial charge in [0.15, 0.2) is 0 Å². The Kier molecular flexibility index (Phi) is 7.81. The lowest BCUT2D eigenvalue weighted by atomic mass is 10.1. The van der Waals surface area contributed by atoms with Crippen molar-refractivity contribution in [2.75, 3.05) is 18.0 Å². The highest BCUT2D eigenvalue weighted by molar-refractivity contribution is 5.47. The van der Waals surface area contributed by atoms with Crippen LogP contribution >= 0.6 is 0 Å². The number of nitrogens with zero attached hydrogens (tertiary/aromatic N) is 1. The summed E-state index contributed by atoms with van der Waals surface area (Å²) in [5.74, 6) is 1.46. The van der Waals surface area contributed by atoms with E-state index in [1.54, 1.807) is 0 Å². The van der Waals surface area contributed by atoms with Gasteiger partial charge >= 0.3 is 0 Å². The largest absolute Gasteiger partial charge is 0.388 e. The molecule has 0 spiro atoms. The van der Waals surface area contributed by atoms with Gasteiger partial charge < -0.3 is 10.0 Å². The van der Waals surface area contributed by atoms with Crippen molar-refractivity contribution in [1.29, 1.82) is 0 Å². The molecule has 21 heavy (non-hydrogen) atoms. The topological polar surface area (TPSA) is 23.5 Å². The van der Waals surface area contributed by atoms with Crippen molar-refractivity contribution < 1.29 is 5.11 Å². The van der Waals surface area contributed by atoms with E-state index >= 15 is 0 Å². The van der Waals surface area contributed by atoms with Crippen LogP contribution in [0.25, 0.3) is 0 Å². The zero-order valence-electron chi connectivity index (χ0n) is 14.5. The maximum Gasteiger partial charge on any atom is 0.0787 e. The molecule has 1 aromatic carbocycles. The first-order valence-corrected chi connectivity index (χ1v) is 8.47. The van der Waals surface area contributed by atoms with Crippen LogP contribution in [-0.4, -0.2) is 18.2 Å². The Hall–Kier alpha value is -1.02. The van der Waals surface area contributed by atoms with E-state index in [4.69, 9.17) is 0 Å². The predicted octanol–water partition coefficient (Wildman–Crippen LogP) is 5.03. The average molecular weight is 291 g/mol. The highest BCUT2D eigenvalue weighted by Crippen LogP contribution is 2.22. The number of aliphatic hydroxyl groups is 1. The predicted molar refractivity (Wildman–Crippen MR) is 92.8 cm³/mol. The van der Waals surface area contributed by atoms with Crippen molar-refractivity contribution in [2.45, 2.75) is 60.0 Å². The van der Waals surface area contributed by atoms with Crippen LogP contribution in [-0.2, 0) is 0 Å². The van der Waals surface area contributed by atoms with E-state index in [0.29, 0.717) is 0 Å². The quantitative estimate of drug-likeness (QED) is 0.690. The molecule has 0 radical (unpaired) electrons. The van der Waals surface area contributed by atoms with Gasteiger partial charge in [0.25, 0.3) is 0 Å². The van der Waals surface area contributed by atoms with Gasteiger partial charge in [-0.3, -0.25) is 0 Å². The summed E-state index contributed by atoms with van der Waals surface area (Å²) in [4.78, 5) is 2.49. The molecule has 1 aromatic rings. The fourth-order valence-electron chi connectivity index (χ4n) is 2.34. The van der Waals surface area contributed by atoms with Gasteiger partial charge in [-0.1, -0.05) is 46.8 Å². The normalized spacial score (nSPS) is 13.0. The molecule has 0 amide bonds. The number of rotatable bonds is 9. The van der Waals surface area contributed by atoms with Gasteiger partial charge in [0, 0.05) is 18.8 Å². The first-order valence-electron chi connectivity index (χ1n) is 8.47. The molecule has 1 unspecified atom stereocenters. The molecule has 0 fully saturated rings. The minimum atomic E-state index is -0.334. The molecule has 0 bridgehead atoms. The molecule has 0 aliphatic heterocycles. The second-order valence-electron chi connectivity index (χ2n) is 6.87. The van der Waals surface area contributed by atoms with E-state index in [1.807, 2.05) is 6.92 Å². The molecule has 0 saturated carbocycles. The van der Waals surface area contributed by atoms with Gasteiger partial charge in [-0.15, -0.1) is 0 Å². The van der Waals surface area contributed by atoms with Gasteiger partial charge in [-0.25, -0.2) is 0 Å². The third-order valence-electron chi connectivity index (χ3n) is 3.98. The highest BCUT2D eigenvalue weighted by Gasteiger charge is 2.10. The maximum absolute atomic E-state index is 9.90. The van der Waals surface area contributed by atoms with Gasteiger partial charge in [-0.05, 0) is 48.8 Å². The Bertz CT molecular complexity index is 371. The molecular weight excluding hydrogens is 258 g/mol. The Morgan fingerprint density at radius 3 is 1.76 bits per heavy atom. The number of hydrogen-bond donors (Lipinski definition) is 1. The van der Waals surface area contributed by atoms with Crippen molar-refractivity contribution in [3.8, 4) is 0 Å². The van der Waals surface area contributed by atoms with Crippen molar-refractivity contribution >= 4 is 5.69 Å². The second kappa shape index (κ2) is 9.09. The molecule has 0 aliphatic rings. The molecule has 1 rings (SSSR count). The second-order valence-corrected chi connectivity index (χ2v) is 6.87. The number of hydrogen-bond acceptors (Lipinski definition) is 2. The first-order chi connectivity index (χ1) is 9.93. The molecule has 120 valence electrons. The Labute approximate surface area is 131 Å². The Morgan fingerprint density at radius 1 is 0.905 bits per heavy atom. The summed E-state index contributed by atoms with van der Waals surface area (Å²) in [7, 11) is 0. The lowest BCUT2D eigenvalue weighted by molar-refractivity contribution is 0.173. The summed E-state index contributed by atoms with van der Waals surface area (Å²) < 4.78 is 0. The minimum absolute atomic E-state index is 0.334. The summed E-state index contributed by atoms with van der Waals surface area (Å²) in [5, 5.41) is 9.90. The molecule has 0 aliphatic carbocycles. The van der Waals surface area contributed by atoms with Gasteiger partial charge in [0.2, 0.25) is 0 Å². The zero-order valence-corrected chi connectivity index (χ0v) is 14.5. The summed E-state index contributed by atoms with van der Waals surface area (Å²) in [6.07, 6.45) is 2.87. The summed E-state index contributed by atoms with van der Waals surface area (Å²) in [5.41, 5.74) is 2.30. The molecule has 2 heteroatoms. The standard InChI is InChI=1S/C19H33NO/c1-6-19(21)17-7-9-18(10-8-17)20(13-11-15(2)3)14-12-16(4)5/h7-10,15-16,19,21H,6,11-14H2,1-5H3. The van der Waals surface area contributed by atoms with Crippen LogP contribution in [0.15, 0.2) is 24.3 Å². The van der Waals surface area contributed by atoms with Crippen LogP contribution in [0.2, 0.25) is 0 Å². The van der Waals surface area contributed by atoms with Crippen molar-refractivity contribution in [3.05, 3.63) is 29.8 Å². The lowest BCUT2D eigenvalue weighted by Gasteiger charge is -2.27. The third kappa shape index (κ3) is 6.52. The first kappa shape index (κ1) is 18.0. The fraction of sp³-hybridized carbons (Fsp3) is 0.684. The van der Waals surface area contributed by atoms with E-state index in [1.165, 1.54) is 18.5 Å². The monoisotopic (exact) mass is 291 g/mol. The summed E-state index contributed by atoms with van der Waals surface area (Å²) >= 11 is 0. The van der Waals surface area contributed by atoms with Gasteiger partial charge in [-0.2, -0.15) is 0 Å². The molecule has 1 N–H and O–H groups in total. The zero-order chi connectivity index (χ0) is 15.8. The van der Waals surface area contributed by atoms with E-state index in [-0.39, 0.29) is 6.10 Å². The van der Waals surface area contributed by atoms with Crippen molar-refractivity contribution in [2.24, 2.45) is 11.8 Å². The van der Waals surface area contributed by atoms with E-state index in [9.17, 15) is 5.11 Å². The third-order valence-corrected chi connectivity index (χ3v) is 3.98. The molecule has 1 atom stereocenters. The highest BCUT2D eigenvalue weighted by atomic mass is 16.3. The minimum Gasteiger partial charge on any atom is -0.388 e. The molecular formula is C19H33NO. The molecule has 0 aromatic heterocycles. The van der Waals surface area contributed by atoms with Crippen molar-refractivity contribution in [1.82, 2.24) is 0 Å². The summed E-state index contributed by atoms with van der Waals surface area (Å²) in [6, 6.07) is 8.46. The Morgan fingerprint density at radius 2 is 1.38 bits per heavy atom. The lowest BCUT2D eigenvalue weighted by Crippen LogP contribution is -2.27. The van der Waals surface area contributed by atoms with Crippen LogP contribution in [0.5, 0.6) is 0 Å². The van der Waals surface area contributed by atoms with Crippen LogP contribution in [0.3, 0.4) is 0 Å². The molecule has 2 nitrogen and oxygen atoms in total. The van der Waals surface area contributed by atoms with Crippen LogP contribution in [0.4, 0.5) is 5.69 Å². The van der Waals surface area contributed by atoms with Crippen LogP contribution < -0.4 is 4.90 Å². The van der Waals surface area contributed by atoms with Crippen molar-refractivity contribution in [3.63, 3.8) is 0 Å². The van der Waals surface area contributed by atoms with Crippen LogP contribution in [0.1, 0.15) is 65.5 Å². The Balaban J connectivity index is 2.75. The van der Waals surface area contributed by atoms with Gasteiger partial charge in [0.05, 0.1) is 6.10 Å².